The van der Waals surface area contributed by atoms with E-state index < -0.39 is 0 Å². The van der Waals surface area contributed by atoms with Gasteiger partial charge in [0.1, 0.15) is 0 Å². The van der Waals surface area contributed by atoms with Gasteiger partial charge in [-0.15, -0.1) is 0 Å². The van der Waals surface area contributed by atoms with E-state index in [9.17, 15) is 0 Å². The summed E-state index contributed by atoms with van der Waals surface area (Å²) in [5.41, 5.74) is 3.06. The van der Waals surface area contributed by atoms with E-state index in [1.165, 1.54) is 0 Å². The predicted molar refractivity (Wildman–Crippen MR) is 87.2 cm³/mol. The van der Waals surface area contributed by atoms with E-state index in [4.69, 9.17) is 16.6 Å². The molecule has 0 aliphatic carbocycles. The van der Waals surface area contributed by atoms with Crippen molar-refractivity contribution in [3.8, 4) is 0 Å². The van der Waals surface area contributed by atoms with E-state index in [1.54, 1.807) is 0 Å². The first-order valence-electron chi connectivity index (χ1n) is 6.53. The molecule has 102 valence electrons. The summed E-state index contributed by atoms with van der Waals surface area (Å²) in [7, 11) is 0. The van der Waals surface area contributed by atoms with Crippen LogP contribution in [0.15, 0.2) is 22.7 Å². The summed E-state index contributed by atoms with van der Waals surface area (Å²) < 4.78 is 0.975. The lowest BCUT2D eigenvalue weighted by Gasteiger charge is -2.13. The molecule has 2 nitrogen and oxygen atoms in total. The fourth-order valence-corrected chi connectivity index (χ4v) is 3.02. The average Bonchev–Trinajstić information content (AvgIpc) is 2.30. The quantitative estimate of drug-likeness (QED) is 0.818. The Balaban J connectivity index is 2.64. The molecule has 0 atom stereocenters. The first kappa shape index (κ1) is 14.6. The number of pyridine rings is 1. The highest BCUT2D eigenvalue weighted by Crippen LogP contribution is 2.32. The van der Waals surface area contributed by atoms with Crippen molar-refractivity contribution >= 4 is 44.1 Å². The highest BCUT2D eigenvalue weighted by molar-refractivity contribution is 9.10. The van der Waals surface area contributed by atoms with Gasteiger partial charge in [-0.25, -0.2) is 0 Å². The van der Waals surface area contributed by atoms with Crippen LogP contribution in [0.25, 0.3) is 10.9 Å². The van der Waals surface area contributed by atoms with E-state index in [0.29, 0.717) is 10.9 Å². The van der Waals surface area contributed by atoms with Crippen LogP contribution in [0.5, 0.6) is 0 Å². The predicted octanol–water partition coefficient (Wildman–Crippen LogP) is 5.28. The van der Waals surface area contributed by atoms with E-state index in [1.807, 2.05) is 6.07 Å². The summed E-state index contributed by atoms with van der Waals surface area (Å²) >= 11 is 9.81. The lowest BCUT2D eigenvalue weighted by molar-refractivity contribution is 0.637. The van der Waals surface area contributed by atoms with Gasteiger partial charge >= 0.3 is 0 Å². The summed E-state index contributed by atoms with van der Waals surface area (Å²) in [6, 6.07) is 6.09. The third kappa shape index (κ3) is 3.40. The number of anilines is 1. The largest absolute Gasteiger partial charge is 0.385 e. The second kappa shape index (κ2) is 6.10. The average molecular weight is 342 g/mol. The van der Waals surface area contributed by atoms with Crippen LogP contribution in [-0.4, -0.2) is 11.5 Å². The second-order valence-corrected chi connectivity index (χ2v) is 6.40. The van der Waals surface area contributed by atoms with Crippen molar-refractivity contribution in [3.63, 3.8) is 0 Å². The van der Waals surface area contributed by atoms with Crippen molar-refractivity contribution in [1.29, 1.82) is 0 Å². The Labute approximate surface area is 127 Å². The van der Waals surface area contributed by atoms with Crippen LogP contribution in [0.4, 0.5) is 5.69 Å². The molecule has 0 aliphatic heterocycles. The minimum atomic E-state index is 0.577. The Kier molecular flexibility index (Phi) is 4.69. The standard InChI is InChI=1S/C15H18BrClN2/c1-4-18-14-8-11(5-9(2)3)19-15-12(14)6-10(16)7-13(15)17/h6-9H,4-5H2,1-3H3,(H,18,19). The minimum absolute atomic E-state index is 0.577. The molecule has 1 aromatic heterocycles. The number of halogens is 2. The fourth-order valence-electron chi connectivity index (χ4n) is 2.16. The van der Waals surface area contributed by atoms with Gasteiger partial charge < -0.3 is 5.32 Å². The summed E-state index contributed by atoms with van der Waals surface area (Å²) in [5, 5.41) is 5.15. The number of hydrogen-bond acceptors (Lipinski definition) is 2. The molecule has 1 heterocycles. The van der Waals surface area contributed by atoms with Crippen molar-refractivity contribution in [2.45, 2.75) is 27.2 Å². The van der Waals surface area contributed by atoms with Crippen LogP contribution in [0, 0.1) is 5.92 Å². The minimum Gasteiger partial charge on any atom is -0.385 e. The number of fused-ring (bicyclic) bond motifs is 1. The lowest BCUT2D eigenvalue weighted by Crippen LogP contribution is -2.03. The maximum atomic E-state index is 6.32. The van der Waals surface area contributed by atoms with Crippen molar-refractivity contribution in [2.24, 2.45) is 5.92 Å². The molecule has 0 fully saturated rings. The number of rotatable bonds is 4. The Morgan fingerprint density at radius 1 is 1.32 bits per heavy atom. The third-order valence-corrected chi connectivity index (χ3v) is 3.62. The molecule has 2 rings (SSSR count). The second-order valence-electron chi connectivity index (χ2n) is 5.07. The van der Waals surface area contributed by atoms with E-state index in [-0.39, 0.29) is 0 Å². The summed E-state index contributed by atoms with van der Waals surface area (Å²) in [5.74, 6) is 0.577. The highest BCUT2D eigenvalue weighted by atomic mass is 79.9. The Bertz CT molecular complexity index is 596. The normalized spacial score (nSPS) is 11.3. The van der Waals surface area contributed by atoms with Crippen LogP contribution >= 0.6 is 27.5 Å². The smallest absolute Gasteiger partial charge is 0.0912 e. The lowest BCUT2D eigenvalue weighted by atomic mass is 10.1. The van der Waals surface area contributed by atoms with Gasteiger partial charge in [0.15, 0.2) is 0 Å². The first-order valence-corrected chi connectivity index (χ1v) is 7.71. The van der Waals surface area contributed by atoms with Crippen molar-refractivity contribution in [2.75, 3.05) is 11.9 Å². The van der Waals surface area contributed by atoms with E-state index in [0.717, 1.165) is 39.7 Å². The molecule has 0 bridgehead atoms. The number of hydrogen-bond donors (Lipinski definition) is 1. The third-order valence-electron chi connectivity index (χ3n) is 2.87. The summed E-state index contributed by atoms with van der Waals surface area (Å²) in [6.07, 6.45) is 0.959. The molecule has 0 saturated heterocycles. The van der Waals surface area contributed by atoms with Gasteiger partial charge in [0.2, 0.25) is 0 Å². The monoisotopic (exact) mass is 340 g/mol. The van der Waals surface area contributed by atoms with E-state index in [2.05, 4.69) is 54.2 Å². The molecule has 0 amide bonds. The first-order chi connectivity index (χ1) is 9.01. The molecule has 0 unspecified atom stereocenters. The Morgan fingerprint density at radius 3 is 2.68 bits per heavy atom. The Morgan fingerprint density at radius 2 is 2.05 bits per heavy atom. The zero-order valence-electron chi connectivity index (χ0n) is 11.4. The summed E-state index contributed by atoms with van der Waals surface area (Å²) in [4.78, 5) is 4.71. The molecular formula is C15H18BrClN2. The molecule has 19 heavy (non-hydrogen) atoms. The van der Waals surface area contributed by atoms with Gasteiger partial charge in [0.05, 0.1) is 10.5 Å². The number of benzene rings is 1. The van der Waals surface area contributed by atoms with Crippen molar-refractivity contribution in [1.82, 2.24) is 4.98 Å². The number of aromatic nitrogens is 1. The van der Waals surface area contributed by atoms with Gasteiger partial charge in [-0.2, -0.15) is 0 Å². The van der Waals surface area contributed by atoms with Gasteiger partial charge in [-0.05, 0) is 37.5 Å². The zero-order valence-corrected chi connectivity index (χ0v) is 13.8. The summed E-state index contributed by atoms with van der Waals surface area (Å²) in [6.45, 7) is 7.36. The van der Waals surface area contributed by atoms with Gasteiger partial charge in [-0.1, -0.05) is 41.4 Å². The van der Waals surface area contributed by atoms with Crippen molar-refractivity contribution < 1.29 is 0 Å². The van der Waals surface area contributed by atoms with Gasteiger partial charge in [-0.3, -0.25) is 4.98 Å². The SMILES string of the molecule is CCNc1cc(CC(C)C)nc2c(Cl)cc(Br)cc12. The molecule has 2 aromatic rings. The van der Waals surface area contributed by atoms with Crippen LogP contribution in [0.1, 0.15) is 26.5 Å². The zero-order chi connectivity index (χ0) is 14.0. The molecule has 0 aliphatic rings. The van der Waals surface area contributed by atoms with Gasteiger partial charge in [0.25, 0.3) is 0 Å². The Hall–Kier alpha value is -0.800. The maximum Gasteiger partial charge on any atom is 0.0912 e. The molecule has 0 saturated carbocycles. The van der Waals surface area contributed by atoms with Crippen LogP contribution in [0.2, 0.25) is 5.02 Å². The molecule has 0 spiro atoms. The maximum absolute atomic E-state index is 6.32. The number of nitrogens with zero attached hydrogens (tertiary/aromatic N) is 1. The molecule has 0 radical (unpaired) electrons. The van der Waals surface area contributed by atoms with Crippen molar-refractivity contribution in [3.05, 3.63) is 33.4 Å². The molecule has 1 N–H and O–H groups in total. The highest BCUT2D eigenvalue weighted by Gasteiger charge is 2.10. The van der Waals surface area contributed by atoms with Crippen LogP contribution in [-0.2, 0) is 6.42 Å². The van der Waals surface area contributed by atoms with E-state index >= 15 is 0 Å². The topological polar surface area (TPSA) is 24.9 Å². The number of nitrogens with one attached hydrogen (secondary N) is 1. The van der Waals surface area contributed by atoms with Crippen LogP contribution < -0.4 is 5.32 Å². The fraction of sp³-hybridized carbons (Fsp3) is 0.400. The molecule has 4 heteroatoms. The molecular weight excluding hydrogens is 324 g/mol. The molecule has 1 aromatic carbocycles. The van der Waals surface area contributed by atoms with Crippen LogP contribution in [0.3, 0.4) is 0 Å². The van der Waals surface area contributed by atoms with Gasteiger partial charge in [0, 0.05) is 27.8 Å².